The number of aromatic nitrogens is 1. The van der Waals surface area contributed by atoms with Crippen LogP contribution in [0.4, 0.5) is 0 Å². The van der Waals surface area contributed by atoms with Crippen LogP contribution in [-0.4, -0.2) is 41.6 Å². The number of morpholine rings is 1. The first kappa shape index (κ1) is 12.5. The van der Waals surface area contributed by atoms with Gasteiger partial charge >= 0.3 is 0 Å². The van der Waals surface area contributed by atoms with Crippen molar-refractivity contribution in [3.63, 3.8) is 0 Å². The van der Waals surface area contributed by atoms with Crippen molar-refractivity contribution >= 4 is 21.8 Å². The summed E-state index contributed by atoms with van der Waals surface area (Å²) in [5, 5.41) is 0. The lowest BCUT2D eigenvalue weighted by molar-refractivity contribution is -0.00310. The van der Waals surface area contributed by atoms with Gasteiger partial charge in [0.2, 0.25) is 0 Å². The van der Waals surface area contributed by atoms with Gasteiger partial charge in [-0.25, -0.2) is 4.98 Å². The van der Waals surface area contributed by atoms with E-state index in [1.54, 1.807) is 12.3 Å². The second-order valence-electron chi connectivity index (χ2n) is 4.00. The maximum absolute atomic E-state index is 12.3. The Hall–Kier alpha value is -0.940. The van der Waals surface area contributed by atoms with Crippen LogP contribution < -0.4 is 0 Å². The zero-order valence-electron chi connectivity index (χ0n) is 9.73. The summed E-state index contributed by atoms with van der Waals surface area (Å²) in [5.41, 5.74) is 0.494. The lowest BCUT2D eigenvalue weighted by atomic mass is 10.1. The highest BCUT2D eigenvalue weighted by atomic mass is 79.9. The van der Waals surface area contributed by atoms with E-state index in [1.807, 2.05) is 11.0 Å². The minimum Gasteiger partial charge on any atom is -0.377 e. The standard InChI is InChI=1S/C12H15BrN2O2/c1-2-10-8-17-6-5-15(10)12(16)11-4-3-9(13)7-14-11/h3-4,7,10H,2,5-6,8H2,1H3. The van der Waals surface area contributed by atoms with Crippen molar-refractivity contribution in [2.45, 2.75) is 19.4 Å². The Balaban J connectivity index is 2.15. The highest BCUT2D eigenvalue weighted by molar-refractivity contribution is 9.10. The predicted molar refractivity (Wildman–Crippen MR) is 67.9 cm³/mol. The van der Waals surface area contributed by atoms with Crippen LogP contribution in [-0.2, 0) is 4.74 Å². The van der Waals surface area contributed by atoms with Gasteiger partial charge < -0.3 is 9.64 Å². The van der Waals surface area contributed by atoms with Crippen molar-refractivity contribution in [1.29, 1.82) is 0 Å². The Kier molecular flexibility index (Phi) is 4.12. The van der Waals surface area contributed by atoms with Crippen molar-refractivity contribution < 1.29 is 9.53 Å². The number of ether oxygens (including phenoxy) is 1. The predicted octanol–water partition coefficient (Wildman–Crippen LogP) is 2.10. The molecule has 1 aliphatic rings. The average molecular weight is 299 g/mol. The van der Waals surface area contributed by atoms with E-state index < -0.39 is 0 Å². The molecular formula is C12H15BrN2O2. The first-order valence-corrected chi connectivity index (χ1v) is 6.52. The van der Waals surface area contributed by atoms with E-state index in [2.05, 4.69) is 27.8 Å². The lowest BCUT2D eigenvalue weighted by Gasteiger charge is -2.34. The normalized spacial score (nSPS) is 20.4. The summed E-state index contributed by atoms with van der Waals surface area (Å²) >= 11 is 3.31. The third-order valence-corrected chi connectivity index (χ3v) is 3.38. The Morgan fingerprint density at radius 3 is 3.12 bits per heavy atom. The van der Waals surface area contributed by atoms with Crippen LogP contribution in [0.2, 0.25) is 0 Å². The fourth-order valence-corrected chi connectivity index (χ4v) is 2.14. The number of carbonyl (C=O) groups excluding carboxylic acids is 1. The van der Waals surface area contributed by atoms with E-state index >= 15 is 0 Å². The Morgan fingerprint density at radius 1 is 1.65 bits per heavy atom. The second kappa shape index (κ2) is 5.60. The van der Waals surface area contributed by atoms with Crippen LogP contribution in [0.15, 0.2) is 22.8 Å². The van der Waals surface area contributed by atoms with Crippen molar-refractivity contribution in [3.05, 3.63) is 28.5 Å². The van der Waals surface area contributed by atoms with Gasteiger partial charge in [0.1, 0.15) is 5.69 Å². The summed E-state index contributed by atoms with van der Waals surface area (Å²) in [4.78, 5) is 18.3. The topological polar surface area (TPSA) is 42.4 Å². The van der Waals surface area contributed by atoms with Crippen molar-refractivity contribution in [2.75, 3.05) is 19.8 Å². The first-order valence-electron chi connectivity index (χ1n) is 5.72. The summed E-state index contributed by atoms with van der Waals surface area (Å²) in [5.74, 6) is -0.00681. The molecule has 2 heterocycles. The van der Waals surface area contributed by atoms with E-state index in [9.17, 15) is 4.79 Å². The average Bonchev–Trinajstić information content (AvgIpc) is 2.39. The highest BCUT2D eigenvalue weighted by Crippen LogP contribution is 2.15. The fraction of sp³-hybridized carbons (Fsp3) is 0.500. The van der Waals surface area contributed by atoms with Gasteiger partial charge in [-0.05, 0) is 34.5 Å². The van der Waals surface area contributed by atoms with Gasteiger partial charge in [0.25, 0.3) is 5.91 Å². The number of hydrogen-bond donors (Lipinski definition) is 0. The van der Waals surface area contributed by atoms with Crippen LogP contribution in [0.3, 0.4) is 0 Å². The van der Waals surface area contributed by atoms with E-state index in [0.717, 1.165) is 10.9 Å². The van der Waals surface area contributed by atoms with Crippen LogP contribution in [0.25, 0.3) is 0 Å². The van der Waals surface area contributed by atoms with Crippen molar-refractivity contribution in [1.82, 2.24) is 9.88 Å². The van der Waals surface area contributed by atoms with Gasteiger partial charge in [0.05, 0.1) is 19.3 Å². The van der Waals surface area contributed by atoms with Gasteiger partial charge in [-0.1, -0.05) is 6.92 Å². The molecule has 4 nitrogen and oxygen atoms in total. The minimum atomic E-state index is -0.00681. The highest BCUT2D eigenvalue weighted by Gasteiger charge is 2.27. The van der Waals surface area contributed by atoms with Crippen LogP contribution in [0.1, 0.15) is 23.8 Å². The molecule has 1 fully saturated rings. The smallest absolute Gasteiger partial charge is 0.272 e. The van der Waals surface area contributed by atoms with Gasteiger partial charge in [-0.15, -0.1) is 0 Å². The fourth-order valence-electron chi connectivity index (χ4n) is 1.91. The van der Waals surface area contributed by atoms with E-state index in [4.69, 9.17) is 4.74 Å². The van der Waals surface area contributed by atoms with Crippen LogP contribution in [0.5, 0.6) is 0 Å². The molecule has 0 N–H and O–H groups in total. The third-order valence-electron chi connectivity index (χ3n) is 2.91. The molecule has 1 saturated heterocycles. The Labute approximate surface area is 109 Å². The lowest BCUT2D eigenvalue weighted by Crippen LogP contribution is -2.48. The summed E-state index contributed by atoms with van der Waals surface area (Å²) in [6.45, 7) is 3.95. The molecule has 2 rings (SSSR count). The summed E-state index contributed by atoms with van der Waals surface area (Å²) < 4.78 is 6.26. The number of amides is 1. The number of halogens is 1. The number of rotatable bonds is 2. The quantitative estimate of drug-likeness (QED) is 0.840. The zero-order valence-corrected chi connectivity index (χ0v) is 11.3. The van der Waals surface area contributed by atoms with Gasteiger partial charge in [0.15, 0.2) is 0 Å². The largest absolute Gasteiger partial charge is 0.377 e. The first-order chi connectivity index (χ1) is 8.22. The SMILES string of the molecule is CCC1COCCN1C(=O)c1ccc(Br)cn1. The maximum atomic E-state index is 12.3. The van der Waals surface area contributed by atoms with E-state index in [-0.39, 0.29) is 11.9 Å². The summed E-state index contributed by atoms with van der Waals surface area (Å²) in [6, 6.07) is 3.75. The second-order valence-corrected chi connectivity index (χ2v) is 4.91. The van der Waals surface area contributed by atoms with Crippen LogP contribution in [0, 0.1) is 0 Å². The Morgan fingerprint density at radius 2 is 2.47 bits per heavy atom. The molecule has 1 atom stereocenters. The molecule has 0 bridgehead atoms. The van der Waals surface area contributed by atoms with Crippen LogP contribution >= 0.6 is 15.9 Å². The molecular weight excluding hydrogens is 284 g/mol. The van der Waals surface area contributed by atoms with Gasteiger partial charge in [-0.3, -0.25) is 4.79 Å². The Bertz CT molecular complexity index is 394. The molecule has 5 heteroatoms. The molecule has 1 aromatic heterocycles. The number of nitrogens with zero attached hydrogens (tertiary/aromatic N) is 2. The molecule has 0 radical (unpaired) electrons. The van der Waals surface area contributed by atoms with E-state index in [1.165, 1.54) is 0 Å². The third kappa shape index (κ3) is 2.84. The molecule has 17 heavy (non-hydrogen) atoms. The molecule has 0 aromatic carbocycles. The molecule has 0 saturated carbocycles. The van der Waals surface area contributed by atoms with Crippen molar-refractivity contribution in [2.24, 2.45) is 0 Å². The number of carbonyl (C=O) groups is 1. The summed E-state index contributed by atoms with van der Waals surface area (Å²) in [6.07, 6.45) is 2.55. The van der Waals surface area contributed by atoms with Gasteiger partial charge in [-0.2, -0.15) is 0 Å². The molecule has 1 unspecified atom stereocenters. The minimum absolute atomic E-state index is 0.00681. The molecule has 0 spiro atoms. The number of pyridine rings is 1. The summed E-state index contributed by atoms with van der Waals surface area (Å²) in [7, 11) is 0. The maximum Gasteiger partial charge on any atom is 0.272 e. The van der Waals surface area contributed by atoms with Gasteiger partial charge in [0, 0.05) is 17.2 Å². The van der Waals surface area contributed by atoms with Crippen molar-refractivity contribution in [3.8, 4) is 0 Å². The molecule has 0 aliphatic carbocycles. The van der Waals surface area contributed by atoms with E-state index in [0.29, 0.717) is 25.5 Å². The zero-order chi connectivity index (χ0) is 12.3. The molecule has 1 aliphatic heterocycles. The number of hydrogen-bond acceptors (Lipinski definition) is 3. The molecule has 1 aromatic rings. The monoisotopic (exact) mass is 298 g/mol. The molecule has 1 amide bonds. The molecule has 92 valence electrons.